The third-order valence-electron chi connectivity index (χ3n) is 7.50. The maximum Gasteiger partial charge on any atom is 0.323 e. The van der Waals surface area contributed by atoms with Gasteiger partial charge >= 0.3 is 6.03 Å². The van der Waals surface area contributed by atoms with Gasteiger partial charge in [-0.1, -0.05) is 12.1 Å². The van der Waals surface area contributed by atoms with Crippen molar-refractivity contribution in [3.05, 3.63) is 117 Å². The van der Waals surface area contributed by atoms with Gasteiger partial charge in [-0.2, -0.15) is 27.0 Å². The van der Waals surface area contributed by atoms with Gasteiger partial charge in [0.1, 0.15) is 9.81 Å². The van der Waals surface area contributed by atoms with Crippen LogP contribution in [0.4, 0.5) is 38.9 Å². The fourth-order valence-corrected chi connectivity index (χ4v) is 6.50. The quantitative estimate of drug-likeness (QED) is 0.0712. The molecule has 17 nitrogen and oxygen atoms in total. The summed E-state index contributed by atoms with van der Waals surface area (Å²) in [4.78, 5) is 38.0. The molecule has 4 aromatic carbocycles. The van der Waals surface area contributed by atoms with Gasteiger partial charge in [-0.25, -0.2) is 4.79 Å². The van der Waals surface area contributed by atoms with Crippen LogP contribution in [0.25, 0.3) is 12.2 Å². The van der Waals surface area contributed by atoms with E-state index >= 15 is 0 Å². The fraction of sp³-hybridized carbons (Fsp3) is 0. The Kier molecular flexibility index (Phi) is 9.17. The number of allylic oxidation sites excluding steroid dienone is 2. The summed E-state index contributed by atoms with van der Waals surface area (Å²) in [5, 5.41) is 12.9. The minimum atomic E-state index is -4.94. The molecule has 0 bridgehead atoms. The van der Waals surface area contributed by atoms with Crippen molar-refractivity contribution in [1.29, 1.82) is 0 Å². The molecule has 0 spiro atoms. The van der Waals surface area contributed by atoms with Crippen molar-refractivity contribution in [3.8, 4) is 0 Å². The monoisotopic (exact) mass is 742 g/mol. The van der Waals surface area contributed by atoms with Crippen LogP contribution in [0, 0.1) is 0 Å². The van der Waals surface area contributed by atoms with Crippen molar-refractivity contribution in [1.82, 2.24) is 0 Å². The Morgan fingerprint density at radius 2 is 0.981 bits per heavy atom. The van der Waals surface area contributed by atoms with Crippen LogP contribution in [-0.2, 0) is 20.2 Å². The van der Waals surface area contributed by atoms with Crippen molar-refractivity contribution < 1.29 is 40.3 Å². The molecule has 2 amide bonds. The van der Waals surface area contributed by atoms with Crippen LogP contribution >= 0.6 is 0 Å². The number of anilines is 6. The molecule has 19 heteroatoms. The summed E-state index contributed by atoms with van der Waals surface area (Å²) in [6.07, 6.45) is 2.05. The lowest BCUT2D eigenvalue weighted by molar-refractivity contribution is 0.105. The van der Waals surface area contributed by atoms with Gasteiger partial charge in [0, 0.05) is 33.9 Å². The van der Waals surface area contributed by atoms with Gasteiger partial charge in [0.25, 0.3) is 20.2 Å². The number of nitrogens with two attached hydrogens (primary N) is 2. The maximum atomic E-state index is 13.3. The van der Waals surface area contributed by atoms with Crippen molar-refractivity contribution in [2.75, 3.05) is 33.0 Å². The number of carbonyl (C=O) groups excluding carboxylic acids is 3. The number of rotatable bonds is 8. The summed E-state index contributed by atoms with van der Waals surface area (Å²) in [6.45, 7) is 0. The number of hydrogen-bond acceptors (Lipinski definition) is 13. The molecule has 264 valence electrons. The van der Waals surface area contributed by atoms with Crippen LogP contribution in [0.5, 0.6) is 0 Å². The first-order chi connectivity index (χ1) is 24.6. The number of nitrogens with one attached hydrogen (secondary N) is 4. The maximum absolute atomic E-state index is 13.3. The van der Waals surface area contributed by atoms with E-state index in [4.69, 9.17) is 11.5 Å². The highest BCUT2D eigenvalue weighted by atomic mass is 32.2. The molecule has 0 unspecified atom stereocenters. The van der Waals surface area contributed by atoms with Crippen molar-refractivity contribution in [2.24, 2.45) is 10.2 Å². The first-order valence-electron chi connectivity index (χ1n) is 14.8. The lowest BCUT2D eigenvalue weighted by atomic mass is 9.94. The summed E-state index contributed by atoms with van der Waals surface area (Å²) in [5.41, 5.74) is 17.3. The number of urea groups is 1. The van der Waals surface area contributed by atoms with E-state index in [9.17, 15) is 40.3 Å². The SMILES string of the molecule is Nc1cccc(NN=C2C(=O)c3ccc(NC(=O)Nc4ccc5c(c4)C=C(S(=O)(=O)O)C(=NNc4cccc(N)c4)C5=O)cc3C=C2S(=O)(=O)O)c1. The Hall–Kier alpha value is -6.67. The summed E-state index contributed by atoms with van der Waals surface area (Å²) in [6, 6.07) is 19.8. The number of nitrogen functional groups attached to an aromatic ring is 2. The van der Waals surface area contributed by atoms with E-state index in [2.05, 4.69) is 31.7 Å². The molecule has 2 aliphatic carbocycles. The number of carbonyl (C=O) groups is 3. The van der Waals surface area contributed by atoms with Crippen LogP contribution < -0.4 is 33.0 Å². The molecule has 0 heterocycles. The number of amides is 2. The fourth-order valence-electron chi connectivity index (χ4n) is 5.19. The second-order valence-corrected chi connectivity index (χ2v) is 14.0. The smallest absolute Gasteiger partial charge is 0.323 e. The van der Waals surface area contributed by atoms with Crippen LogP contribution in [0.1, 0.15) is 31.8 Å². The second-order valence-electron chi connectivity index (χ2n) is 11.2. The number of fused-ring (bicyclic) bond motifs is 2. The van der Waals surface area contributed by atoms with Gasteiger partial charge in [-0.05, 0) is 96.1 Å². The van der Waals surface area contributed by atoms with Crippen LogP contribution in [-0.4, -0.2) is 55.0 Å². The second kappa shape index (κ2) is 13.6. The summed E-state index contributed by atoms with van der Waals surface area (Å²) in [7, 11) is -9.88. The van der Waals surface area contributed by atoms with E-state index in [1.807, 2.05) is 0 Å². The van der Waals surface area contributed by atoms with Crippen LogP contribution in [0.2, 0.25) is 0 Å². The van der Waals surface area contributed by atoms with Crippen molar-refractivity contribution >= 4 is 95.5 Å². The summed E-state index contributed by atoms with van der Waals surface area (Å²) in [5.74, 6) is -1.65. The van der Waals surface area contributed by atoms with Gasteiger partial charge in [-0.15, -0.1) is 0 Å². The van der Waals surface area contributed by atoms with Gasteiger partial charge in [0.05, 0.1) is 11.4 Å². The van der Waals surface area contributed by atoms with E-state index in [0.717, 1.165) is 12.2 Å². The Morgan fingerprint density at radius 1 is 0.577 bits per heavy atom. The average molecular weight is 743 g/mol. The molecule has 0 saturated carbocycles. The van der Waals surface area contributed by atoms with Gasteiger partial charge in [0.15, 0.2) is 11.4 Å². The van der Waals surface area contributed by atoms with Crippen LogP contribution in [0.15, 0.2) is 105 Å². The van der Waals surface area contributed by atoms with E-state index in [0.29, 0.717) is 22.7 Å². The highest BCUT2D eigenvalue weighted by molar-refractivity contribution is 7.91. The first kappa shape index (κ1) is 35.2. The van der Waals surface area contributed by atoms with Gasteiger partial charge < -0.3 is 22.1 Å². The molecule has 0 aliphatic heterocycles. The predicted octanol–water partition coefficient (Wildman–Crippen LogP) is 4.28. The lowest BCUT2D eigenvalue weighted by Gasteiger charge is -2.18. The predicted molar refractivity (Wildman–Crippen MR) is 197 cm³/mol. The van der Waals surface area contributed by atoms with Gasteiger partial charge in [-0.3, -0.25) is 29.5 Å². The topological polar surface area (TPSA) is 285 Å². The minimum absolute atomic E-state index is 0.0262. The van der Waals surface area contributed by atoms with Crippen molar-refractivity contribution in [3.63, 3.8) is 0 Å². The number of hydrogen-bond donors (Lipinski definition) is 8. The number of hydrazone groups is 2. The molecule has 52 heavy (non-hydrogen) atoms. The number of nitrogens with zero attached hydrogens (tertiary/aromatic N) is 2. The summed E-state index contributed by atoms with van der Waals surface area (Å²) >= 11 is 0. The molecule has 0 saturated heterocycles. The average Bonchev–Trinajstić information content (AvgIpc) is 3.06. The first-order valence-corrected chi connectivity index (χ1v) is 17.7. The number of Topliss-reactive ketones (excluding diaryl/α,β-unsaturated/α-hetero) is 2. The van der Waals surface area contributed by atoms with E-state index in [-0.39, 0.29) is 33.6 Å². The number of ketones is 2. The molecule has 6 rings (SSSR count). The van der Waals surface area contributed by atoms with Gasteiger partial charge in [0.2, 0.25) is 11.6 Å². The molecule has 0 fully saturated rings. The minimum Gasteiger partial charge on any atom is -0.399 e. The molecule has 2 aliphatic rings. The summed E-state index contributed by atoms with van der Waals surface area (Å²) < 4.78 is 68.8. The number of benzene rings is 4. The van der Waals surface area contributed by atoms with E-state index in [1.54, 1.807) is 36.4 Å². The largest absolute Gasteiger partial charge is 0.399 e. The highest BCUT2D eigenvalue weighted by Crippen LogP contribution is 2.30. The zero-order chi connectivity index (χ0) is 37.4. The molecule has 10 N–H and O–H groups in total. The van der Waals surface area contributed by atoms with E-state index < -0.39 is 59.1 Å². The van der Waals surface area contributed by atoms with E-state index in [1.165, 1.54) is 48.5 Å². The zero-order valence-electron chi connectivity index (χ0n) is 26.4. The molecule has 0 atom stereocenters. The standard InChI is InChI=1S/C33H26N8O9S2/c34-19-3-1-5-23(15-19)38-40-29-27(51(45,46)47)13-17-11-21(7-9-25(17)31(29)42)36-33(44)37-22-8-10-26-18(12-22)14-28(52(48,49)50)30(32(26)43)41-39-24-6-2-4-20(35)16-24/h1-16,38-39H,34-35H2,(H2,36,37,44)(H,45,46,47)(H,48,49,50). The Bertz CT molecular complexity index is 2390. The molecule has 0 aromatic heterocycles. The molecular formula is C33H26N8O9S2. The molecule has 0 radical (unpaired) electrons. The molecular weight excluding hydrogens is 717 g/mol. The Morgan fingerprint density at radius 3 is 1.35 bits per heavy atom. The zero-order valence-corrected chi connectivity index (χ0v) is 28.0. The van der Waals surface area contributed by atoms with Crippen LogP contribution in [0.3, 0.4) is 0 Å². The normalized spacial score (nSPS) is 15.7. The third kappa shape index (κ3) is 7.56. The van der Waals surface area contributed by atoms with Crippen molar-refractivity contribution in [2.45, 2.75) is 0 Å². The highest BCUT2D eigenvalue weighted by Gasteiger charge is 2.34. The third-order valence-corrected chi connectivity index (χ3v) is 9.23. The Labute approximate surface area is 295 Å². The lowest BCUT2D eigenvalue weighted by Crippen LogP contribution is -2.27. The Balaban J connectivity index is 1.22. The molecule has 4 aromatic rings.